The Morgan fingerprint density at radius 1 is 1.71 bits per heavy atom. The maximum atomic E-state index is 11.4. The lowest BCUT2D eigenvalue weighted by atomic mass is 9.94. The number of carbonyl (C=O) groups is 1. The van der Waals surface area contributed by atoms with Crippen LogP contribution in [0.1, 0.15) is 27.2 Å². The SMILES string of the molecule is CC(C)CNC1(C(N)=O)CSC(C)C1. The van der Waals surface area contributed by atoms with Gasteiger partial charge in [-0.25, -0.2) is 0 Å². The van der Waals surface area contributed by atoms with E-state index in [1.807, 2.05) is 11.8 Å². The van der Waals surface area contributed by atoms with Crippen LogP contribution < -0.4 is 11.1 Å². The number of hydrogen-bond acceptors (Lipinski definition) is 3. The van der Waals surface area contributed by atoms with Gasteiger partial charge >= 0.3 is 0 Å². The summed E-state index contributed by atoms with van der Waals surface area (Å²) in [6.45, 7) is 7.27. The van der Waals surface area contributed by atoms with E-state index >= 15 is 0 Å². The van der Waals surface area contributed by atoms with Crippen molar-refractivity contribution < 1.29 is 4.79 Å². The van der Waals surface area contributed by atoms with E-state index < -0.39 is 5.54 Å². The molecule has 0 radical (unpaired) electrons. The topological polar surface area (TPSA) is 55.1 Å². The summed E-state index contributed by atoms with van der Waals surface area (Å²) in [5.41, 5.74) is 5.02. The third-order valence-corrected chi connectivity index (χ3v) is 3.97. The van der Waals surface area contributed by atoms with Gasteiger partial charge in [0.05, 0.1) is 0 Å². The summed E-state index contributed by atoms with van der Waals surface area (Å²) in [4.78, 5) is 11.4. The van der Waals surface area contributed by atoms with Crippen LogP contribution >= 0.6 is 11.8 Å². The van der Waals surface area contributed by atoms with E-state index in [1.165, 1.54) is 0 Å². The molecule has 3 nitrogen and oxygen atoms in total. The Labute approximate surface area is 90.2 Å². The molecule has 0 aliphatic carbocycles. The average Bonchev–Trinajstić information content (AvgIpc) is 2.45. The molecule has 1 aliphatic rings. The molecule has 82 valence electrons. The van der Waals surface area contributed by atoms with Crippen LogP contribution in [0.3, 0.4) is 0 Å². The van der Waals surface area contributed by atoms with Gasteiger partial charge in [0.25, 0.3) is 0 Å². The maximum absolute atomic E-state index is 11.4. The van der Waals surface area contributed by atoms with Crippen molar-refractivity contribution in [2.75, 3.05) is 12.3 Å². The summed E-state index contributed by atoms with van der Waals surface area (Å²) in [7, 11) is 0. The highest BCUT2D eigenvalue weighted by atomic mass is 32.2. The first kappa shape index (κ1) is 11.9. The van der Waals surface area contributed by atoms with E-state index in [1.54, 1.807) is 0 Å². The molecule has 2 unspecified atom stereocenters. The smallest absolute Gasteiger partial charge is 0.238 e. The third-order valence-electron chi connectivity index (χ3n) is 2.57. The molecule has 4 heteroatoms. The summed E-state index contributed by atoms with van der Waals surface area (Å²) < 4.78 is 0. The lowest BCUT2D eigenvalue weighted by molar-refractivity contribution is -0.123. The van der Waals surface area contributed by atoms with Crippen molar-refractivity contribution in [3.05, 3.63) is 0 Å². The molecule has 0 aromatic heterocycles. The quantitative estimate of drug-likeness (QED) is 0.736. The summed E-state index contributed by atoms with van der Waals surface area (Å²) in [5, 5.41) is 3.86. The van der Waals surface area contributed by atoms with Crippen LogP contribution in [-0.2, 0) is 4.79 Å². The standard InChI is InChI=1S/C10H20N2OS/c1-7(2)5-12-10(9(11)13)4-8(3)14-6-10/h7-8,12H,4-6H2,1-3H3,(H2,11,13). The molecule has 1 amide bonds. The monoisotopic (exact) mass is 216 g/mol. The van der Waals surface area contributed by atoms with Crippen LogP contribution in [0.5, 0.6) is 0 Å². The van der Waals surface area contributed by atoms with Gasteiger partial charge in [0.2, 0.25) is 5.91 Å². The molecular weight excluding hydrogens is 196 g/mol. The van der Waals surface area contributed by atoms with Crippen molar-refractivity contribution in [1.29, 1.82) is 0 Å². The van der Waals surface area contributed by atoms with Gasteiger partial charge in [0.15, 0.2) is 0 Å². The minimum Gasteiger partial charge on any atom is -0.368 e. The largest absolute Gasteiger partial charge is 0.368 e. The Morgan fingerprint density at radius 2 is 2.36 bits per heavy atom. The van der Waals surface area contributed by atoms with E-state index in [0.29, 0.717) is 11.2 Å². The Balaban J connectivity index is 2.59. The summed E-state index contributed by atoms with van der Waals surface area (Å²) in [5.74, 6) is 1.16. The lowest BCUT2D eigenvalue weighted by Crippen LogP contribution is -2.56. The Bertz CT molecular complexity index is 220. The van der Waals surface area contributed by atoms with Gasteiger partial charge in [0.1, 0.15) is 5.54 Å². The van der Waals surface area contributed by atoms with Crippen molar-refractivity contribution in [2.24, 2.45) is 11.7 Å². The normalized spacial score (nSPS) is 32.4. The molecular formula is C10H20N2OS. The zero-order chi connectivity index (χ0) is 10.8. The molecule has 0 aromatic carbocycles. The second kappa shape index (κ2) is 4.53. The first-order valence-corrected chi connectivity index (χ1v) is 6.18. The fourth-order valence-electron chi connectivity index (χ4n) is 1.67. The number of thioether (sulfide) groups is 1. The van der Waals surface area contributed by atoms with E-state index in [9.17, 15) is 4.79 Å². The molecule has 1 saturated heterocycles. The first-order valence-electron chi connectivity index (χ1n) is 5.13. The van der Waals surface area contributed by atoms with Crippen LogP contribution in [0.4, 0.5) is 0 Å². The van der Waals surface area contributed by atoms with Gasteiger partial charge < -0.3 is 11.1 Å². The average molecular weight is 216 g/mol. The zero-order valence-electron chi connectivity index (χ0n) is 9.17. The van der Waals surface area contributed by atoms with Crippen molar-refractivity contribution in [2.45, 2.75) is 38.0 Å². The van der Waals surface area contributed by atoms with Crippen LogP contribution in [0.15, 0.2) is 0 Å². The number of rotatable bonds is 4. The van der Waals surface area contributed by atoms with Crippen molar-refractivity contribution in [3.8, 4) is 0 Å². The number of carbonyl (C=O) groups excluding carboxylic acids is 1. The Hall–Kier alpha value is -0.220. The molecule has 2 atom stereocenters. The Kier molecular flexibility index (Phi) is 3.84. The number of nitrogens with two attached hydrogens (primary N) is 1. The second-order valence-corrected chi connectivity index (χ2v) is 5.97. The van der Waals surface area contributed by atoms with E-state index in [4.69, 9.17) is 5.73 Å². The maximum Gasteiger partial charge on any atom is 0.238 e. The molecule has 0 aromatic rings. The predicted octanol–water partition coefficient (Wildman–Crippen LogP) is 0.982. The molecule has 1 heterocycles. The second-order valence-electron chi connectivity index (χ2n) is 4.55. The van der Waals surface area contributed by atoms with Gasteiger partial charge in [-0.15, -0.1) is 0 Å². The summed E-state index contributed by atoms with van der Waals surface area (Å²) in [6.07, 6.45) is 0.861. The molecule has 1 rings (SSSR count). The van der Waals surface area contributed by atoms with E-state index in [0.717, 1.165) is 18.7 Å². The fraction of sp³-hybridized carbons (Fsp3) is 0.900. The number of amides is 1. The molecule has 0 spiro atoms. The minimum absolute atomic E-state index is 0.199. The van der Waals surface area contributed by atoms with Gasteiger partial charge in [-0.3, -0.25) is 4.79 Å². The minimum atomic E-state index is -0.450. The van der Waals surface area contributed by atoms with Gasteiger partial charge in [-0.1, -0.05) is 20.8 Å². The van der Waals surface area contributed by atoms with Crippen molar-refractivity contribution >= 4 is 17.7 Å². The molecule has 1 fully saturated rings. The molecule has 14 heavy (non-hydrogen) atoms. The predicted molar refractivity (Wildman–Crippen MR) is 61.3 cm³/mol. The summed E-state index contributed by atoms with van der Waals surface area (Å²) in [6, 6.07) is 0. The summed E-state index contributed by atoms with van der Waals surface area (Å²) >= 11 is 1.82. The molecule has 1 aliphatic heterocycles. The number of hydrogen-bond donors (Lipinski definition) is 2. The number of nitrogens with one attached hydrogen (secondary N) is 1. The third kappa shape index (κ3) is 2.64. The highest BCUT2D eigenvalue weighted by molar-refractivity contribution is 8.00. The zero-order valence-corrected chi connectivity index (χ0v) is 9.99. The van der Waals surface area contributed by atoms with Crippen molar-refractivity contribution in [1.82, 2.24) is 5.32 Å². The Morgan fingerprint density at radius 3 is 2.71 bits per heavy atom. The number of primary amides is 1. The van der Waals surface area contributed by atoms with Crippen molar-refractivity contribution in [3.63, 3.8) is 0 Å². The van der Waals surface area contributed by atoms with Crippen LogP contribution in [0, 0.1) is 5.92 Å². The molecule has 0 bridgehead atoms. The van der Waals surface area contributed by atoms with Crippen LogP contribution in [-0.4, -0.2) is 29.0 Å². The van der Waals surface area contributed by atoms with E-state index in [2.05, 4.69) is 26.1 Å². The van der Waals surface area contributed by atoms with Gasteiger partial charge in [0, 0.05) is 11.0 Å². The van der Waals surface area contributed by atoms with Gasteiger partial charge in [-0.2, -0.15) is 11.8 Å². The van der Waals surface area contributed by atoms with Crippen LogP contribution in [0.2, 0.25) is 0 Å². The van der Waals surface area contributed by atoms with E-state index in [-0.39, 0.29) is 5.91 Å². The fourth-order valence-corrected chi connectivity index (χ4v) is 3.01. The lowest BCUT2D eigenvalue weighted by Gasteiger charge is -2.27. The van der Waals surface area contributed by atoms with Gasteiger partial charge in [-0.05, 0) is 18.9 Å². The first-order chi connectivity index (χ1) is 6.46. The molecule has 0 saturated carbocycles. The molecule has 3 N–H and O–H groups in total. The highest BCUT2D eigenvalue weighted by Crippen LogP contribution is 2.34. The highest BCUT2D eigenvalue weighted by Gasteiger charge is 2.42. The van der Waals surface area contributed by atoms with Crippen LogP contribution in [0.25, 0.3) is 0 Å².